The van der Waals surface area contributed by atoms with Gasteiger partial charge in [0.15, 0.2) is 0 Å². The topological polar surface area (TPSA) is 76.0 Å². The van der Waals surface area contributed by atoms with Crippen molar-refractivity contribution in [1.82, 2.24) is 0 Å². The van der Waals surface area contributed by atoms with Gasteiger partial charge in [-0.15, -0.1) is 11.6 Å². The molecule has 5 atom stereocenters. The molecule has 5 nitrogen and oxygen atoms in total. The number of aliphatic hydroxyl groups is 2. The zero-order valence-corrected chi connectivity index (χ0v) is 17.9. The molecule has 0 bridgehead atoms. The van der Waals surface area contributed by atoms with E-state index >= 15 is 0 Å². The van der Waals surface area contributed by atoms with Crippen LogP contribution in [-0.2, 0) is 14.3 Å². The molecule has 0 spiro atoms. The average molecular weight is 425 g/mol. The third-order valence-electron chi connectivity index (χ3n) is 6.61. The van der Waals surface area contributed by atoms with Crippen LogP contribution in [0.5, 0.6) is 0 Å². The van der Waals surface area contributed by atoms with Gasteiger partial charge in [-0.2, -0.15) is 0 Å². The Hall–Kier alpha value is -1.14. The van der Waals surface area contributed by atoms with Crippen LogP contribution in [0.4, 0.5) is 0 Å². The van der Waals surface area contributed by atoms with Crippen molar-refractivity contribution in [3.05, 3.63) is 35.4 Å². The minimum atomic E-state index is -0.503. The van der Waals surface area contributed by atoms with Crippen LogP contribution in [0.25, 0.3) is 0 Å². The number of halogens is 1. The van der Waals surface area contributed by atoms with Gasteiger partial charge in [0.2, 0.25) is 0 Å². The van der Waals surface area contributed by atoms with E-state index in [1.165, 1.54) is 26.4 Å². The third kappa shape index (κ3) is 5.72. The Morgan fingerprint density at radius 3 is 2.55 bits per heavy atom. The van der Waals surface area contributed by atoms with Gasteiger partial charge in [-0.25, -0.2) is 4.79 Å². The lowest BCUT2D eigenvalue weighted by Gasteiger charge is -2.28. The molecule has 0 aromatic heterocycles. The second kappa shape index (κ2) is 10.8. The van der Waals surface area contributed by atoms with E-state index in [1.807, 2.05) is 24.3 Å². The maximum absolute atomic E-state index is 11.2. The van der Waals surface area contributed by atoms with E-state index in [0.29, 0.717) is 25.4 Å². The summed E-state index contributed by atoms with van der Waals surface area (Å²) < 4.78 is 9.96. The fourth-order valence-electron chi connectivity index (χ4n) is 4.96. The molecule has 2 saturated carbocycles. The Kier molecular flexibility index (Phi) is 8.36. The Morgan fingerprint density at radius 2 is 1.90 bits per heavy atom. The lowest BCUT2D eigenvalue weighted by atomic mass is 9.81. The van der Waals surface area contributed by atoms with E-state index in [9.17, 15) is 15.0 Å². The molecule has 29 heavy (non-hydrogen) atoms. The molecule has 2 aliphatic rings. The van der Waals surface area contributed by atoms with E-state index in [1.54, 1.807) is 0 Å². The molecule has 6 heteroatoms. The number of rotatable bonds is 8. The number of benzene rings is 1. The standard InChI is InChI=1S/C23H33ClO5/c1-28-21(26)14-29-12-11-18-19(24)13-20(25)22(18)15-7-9-17(10-8-15)23(27)16-5-3-2-4-6-16/h7-10,16,18-20,22-23,25,27H,2-6,11-14H2,1H3/t18?,19-,20-,22-,23?/m1/s1. The predicted molar refractivity (Wildman–Crippen MR) is 112 cm³/mol. The van der Waals surface area contributed by atoms with Gasteiger partial charge < -0.3 is 19.7 Å². The number of hydrogen-bond donors (Lipinski definition) is 2. The van der Waals surface area contributed by atoms with E-state index in [-0.39, 0.29) is 23.8 Å². The fourth-order valence-corrected chi connectivity index (χ4v) is 5.43. The van der Waals surface area contributed by atoms with E-state index in [0.717, 1.165) is 24.0 Å². The number of carbonyl (C=O) groups is 1. The van der Waals surface area contributed by atoms with Gasteiger partial charge in [0, 0.05) is 17.9 Å². The Labute approximate surface area is 178 Å². The highest BCUT2D eigenvalue weighted by Gasteiger charge is 2.42. The molecule has 0 radical (unpaired) electrons. The molecule has 2 aliphatic carbocycles. The van der Waals surface area contributed by atoms with Gasteiger partial charge in [-0.05, 0) is 48.6 Å². The minimum Gasteiger partial charge on any atom is -0.467 e. The number of carbonyl (C=O) groups excluding carboxylic acids is 1. The van der Waals surface area contributed by atoms with Gasteiger partial charge in [0.25, 0.3) is 0 Å². The molecule has 1 aromatic rings. The molecule has 0 heterocycles. The number of alkyl halides is 1. The van der Waals surface area contributed by atoms with Crippen molar-refractivity contribution in [1.29, 1.82) is 0 Å². The van der Waals surface area contributed by atoms with Crippen molar-refractivity contribution in [2.24, 2.45) is 11.8 Å². The number of esters is 1. The summed E-state index contributed by atoms with van der Waals surface area (Å²) in [6, 6.07) is 8.03. The van der Waals surface area contributed by atoms with Crippen molar-refractivity contribution in [2.45, 2.75) is 68.4 Å². The molecule has 162 valence electrons. The zero-order valence-electron chi connectivity index (χ0n) is 17.1. The van der Waals surface area contributed by atoms with Gasteiger partial charge in [0.1, 0.15) is 6.61 Å². The van der Waals surface area contributed by atoms with Gasteiger partial charge in [-0.3, -0.25) is 0 Å². The molecule has 2 fully saturated rings. The quantitative estimate of drug-likeness (QED) is 0.375. The summed E-state index contributed by atoms with van der Waals surface area (Å²) in [7, 11) is 1.33. The highest BCUT2D eigenvalue weighted by atomic mass is 35.5. The van der Waals surface area contributed by atoms with Crippen LogP contribution in [0.1, 0.15) is 68.1 Å². The van der Waals surface area contributed by atoms with Crippen LogP contribution in [0, 0.1) is 11.8 Å². The molecular formula is C23H33ClO5. The molecule has 3 rings (SSSR count). The second-order valence-electron chi connectivity index (χ2n) is 8.44. The van der Waals surface area contributed by atoms with Crippen LogP contribution in [0.15, 0.2) is 24.3 Å². The lowest BCUT2D eigenvalue weighted by molar-refractivity contribution is -0.146. The lowest BCUT2D eigenvalue weighted by Crippen LogP contribution is -2.21. The first-order valence-corrected chi connectivity index (χ1v) is 11.2. The first-order chi connectivity index (χ1) is 14.0. The summed E-state index contributed by atoms with van der Waals surface area (Å²) in [6.07, 6.45) is 6.14. The smallest absolute Gasteiger partial charge is 0.331 e. The minimum absolute atomic E-state index is 0.0680. The molecule has 0 saturated heterocycles. The van der Waals surface area contributed by atoms with Gasteiger partial charge in [-0.1, -0.05) is 43.5 Å². The number of aliphatic hydroxyl groups excluding tert-OH is 2. The largest absolute Gasteiger partial charge is 0.467 e. The van der Waals surface area contributed by atoms with Crippen molar-refractivity contribution in [2.75, 3.05) is 20.3 Å². The first-order valence-electron chi connectivity index (χ1n) is 10.8. The van der Waals surface area contributed by atoms with E-state index in [4.69, 9.17) is 16.3 Å². The van der Waals surface area contributed by atoms with Crippen LogP contribution >= 0.6 is 11.6 Å². The number of hydrogen-bond acceptors (Lipinski definition) is 5. The summed E-state index contributed by atoms with van der Waals surface area (Å²) in [6.45, 7) is 0.321. The van der Waals surface area contributed by atoms with Crippen molar-refractivity contribution < 1.29 is 24.5 Å². The first kappa shape index (κ1) is 22.5. The van der Waals surface area contributed by atoms with Gasteiger partial charge >= 0.3 is 5.97 Å². The highest BCUT2D eigenvalue weighted by molar-refractivity contribution is 6.21. The summed E-state index contributed by atoms with van der Waals surface area (Å²) in [5.74, 6) is -0.0559. The number of methoxy groups -OCH3 is 1. The fraction of sp³-hybridized carbons (Fsp3) is 0.696. The molecule has 1 aromatic carbocycles. The van der Waals surface area contributed by atoms with Crippen LogP contribution in [-0.4, -0.2) is 48.0 Å². The average Bonchev–Trinajstić information content (AvgIpc) is 3.04. The monoisotopic (exact) mass is 424 g/mol. The van der Waals surface area contributed by atoms with Crippen LogP contribution < -0.4 is 0 Å². The molecular weight excluding hydrogens is 392 g/mol. The third-order valence-corrected chi connectivity index (χ3v) is 7.11. The van der Waals surface area contributed by atoms with Crippen LogP contribution in [0.2, 0.25) is 0 Å². The Morgan fingerprint density at radius 1 is 1.21 bits per heavy atom. The number of ether oxygens (including phenoxy) is 2. The maximum atomic E-state index is 11.2. The maximum Gasteiger partial charge on any atom is 0.331 e. The molecule has 2 N–H and O–H groups in total. The second-order valence-corrected chi connectivity index (χ2v) is 9.00. The summed E-state index contributed by atoms with van der Waals surface area (Å²) in [5, 5.41) is 21.2. The summed E-state index contributed by atoms with van der Waals surface area (Å²) in [4.78, 5) is 11.2. The van der Waals surface area contributed by atoms with E-state index < -0.39 is 18.2 Å². The Bertz CT molecular complexity index is 643. The summed E-state index contributed by atoms with van der Waals surface area (Å²) in [5.41, 5.74) is 1.99. The van der Waals surface area contributed by atoms with Crippen molar-refractivity contribution >= 4 is 17.6 Å². The van der Waals surface area contributed by atoms with E-state index in [2.05, 4.69) is 4.74 Å². The van der Waals surface area contributed by atoms with Crippen molar-refractivity contribution in [3.63, 3.8) is 0 Å². The zero-order chi connectivity index (χ0) is 20.8. The predicted octanol–water partition coefficient (Wildman–Crippen LogP) is 3.95. The molecule has 0 amide bonds. The van der Waals surface area contributed by atoms with Crippen LogP contribution in [0.3, 0.4) is 0 Å². The normalized spacial score (nSPS) is 29.0. The van der Waals surface area contributed by atoms with Crippen molar-refractivity contribution in [3.8, 4) is 0 Å². The molecule has 2 unspecified atom stereocenters. The Balaban J connectivity index is 1.62. The van der Waals surface area contributed by atoms with Gasteiger partial charge in [0.05, 0.1) is 19.3 Å². The summed E-state index contributed by atoms with van der Waals surface area (Å²) >= 11 is 6.52. The highest BCUT2D eigenvalue weighted by Crippen LogP contribution is 2.45. The SMILES string of the molecule is COC(=O)COCCC1[C@H](Cl)C[C@@H](O)[C@@H]1c1ccc(C(O)C2CCCCC2)cc1. The molecule has 0 aliphatic heterocycles.